The Kier molecular flexibility index (Phi) is 4.75. The van der Waals surface area contributed by atoms with Crippen LogP contribution in [0.15, 0.2) is 46.9 Å². The Morgan fingerprint density at radius 3 is 2.29 bits per heavy atom. The monoisotopic (exact) mass is 346 g/mol. The summed E-state index contributed by atoms with van der Waals surface area (Å²) >= 11 is 3.41. The molecule has 108 valence electrons. The van der Waals surface area contributed by atoms with E-state index in [0.717, 1.165) is 10.0 Å². The highest BCUT2D eigenvalue weighted by atomic mass is 79.9. The maximum atomic E-state index is 12.2. The SMILES string of the molecule is CC(=O)Nc1cccc(NC(=O)c2ccc(Br)c(C)c2)c1. The van der Waals surface area contributed by atoms with Gasteiger partial charge in [-0.1, -0.05) is 22.0 Å². The fourth-order valence-electron chi connectivity index (χ4n) is 1.87. The number of carbonyl (C=O) groups excluding carboxylic acids is 2. The lowest BCUT2D eigenvalue weighted by Crippen LogP contribution is -2.12. The van der Waals surface area contributed by atoms with Crippen LogP contribution in [0.4, 0.5) is 11.4 Å². The highest BCUT2D eigenvalue weighted by molar-refractivity contribution is 9.10. The smallest absolute Gasteiger partial charge is 0.255 e. The van der Waals surface area contributed by atoms with Crippen molar-refractivity contribution in [3.05, 3.63) is 58.1 Å². The van der Waals surface area contributed by atoms with Crippen molar-refractivity contribution >= 4 is 39.1 Å². The minimum atomic E-state index is -0.189. The van der Waals surface area contributed by atoms with Crippen LogP contribution in [-0.2, 0) is 4.79 Å². The Balaban J connectivity index is 2.15. The largest absolute Gasteiger partial charge is 0.326 e. The molecule has 0 fully saturated rings. The summed E-state index contributed by atoms with van der Waals surface area (Å²) in [4.78, 5) is 23.2. The Bertz CT molecular complexity index is 698. The predicted molar refractivity (Wildman–Crippen MR) is 87.6 cm³/mol. The molecule has 2 N–H and O–H groups in total. The van der Waals surface area contributed by atoms with Crippen LogP contribution in [0.1, 0.15) is 22.8 Å². The predicted octanol–water partition coefficient (Wildman–Crippen LogP) is 3.97. The van der Waals surface area contributed by atoms with Crippen LogP contribution in [-0.4, -0.2) is 11.8 Å². The zero-order valence-corrected chi connectivity index (χ0v) is 13.3. The first kappa shape index (κ1) is 15.3. The molecule has 2 aromatic carbocycles. The molecule has 0 saturated carbocycles. The number of anilines is 2. The molecule has 2 aromatic rings. The Hall–Kier alpha value is -2.14. The van der Waals surface area contributed by atoms with Crippen LogP contribution in [0.5, 0.6) is 0 Å². The summed E-state index contributed by atoms with van der Waals surface area (Å²) in [5.74, 6) is -0.340. The highest BCUT2D eigenvalue weighted by Gasteiger charge is 2.08. The summed E-state index contributed by atoms with van der Waals surface area (Å²) in [6.07, 6.45) is 0. The molecule has 4 nitrogen and oxygen atoms in total. The quantitative estimate of drug-likeness (QED) is 0.883. The van der Waals surface area contributed by atoms with E-state index in [1.807, 2.05) is 19.1 Å². The third-order valence-electron chi connectivity index (χ3n) is 2.86. The van der Waals surface area contributed by atoms with Gasteiger partial charge in [-0.05, 0) is 48.9 Å². The summed E-state index contributed by atoms with van der Waals surface area (Å²) in [6, 6.07) is 12.4. The molecular weight excluding hydrogens is 332 g/mol. The van der Waals surface area contributed by atoms with Gasteiger partial charge < -0.3 is 10.6 Å². The maximum Gasteiger partial charge on any atom is 0.255 e. The molecule has 0 spiro atoms. The van der Waals surface area contributed by atoms with Crippen molar-refractivity contribution < 1.29 is 9.59 Å². The van der Waals surface area contributed by atoms with E-state index >= 15 is 0 Å². The van der Waals surface area contributed by atoms with Crippen molar-refractivity contribution in [2.75, 3.05) is 10.6 Å². The van der Waals surface area contributed by atoms with Crippen molar-refractivity contribution in [2.45, 2.75) is 13.8 Å². The zero-order valence-electron chi connectivity index (χ0n) is 11.7. The van der Waals surface area contributed by atoms with Gasteiger partial charge in [0.15, 0.2) is 0 Å². The summed E-state index contributed by atoms with van der Waals surface area (Å²) < 4.78 is 0.965. The molecule has 0 heterocycles. The molecule has 5 heteroatoms. The van der Waals surface area contributed by atoms with Gasteiger partial charge in [-0.15, -0.1) is 0 Å². The minimum absolute atomic E-state index is 0.151. The highest BCUT2D eigenvalue weighted by Crippen LogP contribution is 2.19. The topological polar surface area (TPSA) is 58.2 Å². The van der Waals surface area contributed by atoms with Gasteiger partial charge in [-0.25, -0.2) is 0 Å². The average Bonchev–Trinajstić information content (AvgIpc) is 2.41. The summed E-state index contributed by atoms with van der Waals surface area (Å²) in [6.45, 7) is 3.37. The summed E-state index contributed by atoms with van der Waals surface area (Å²) in [5, 5.41) is 5.49. The van der Waals surface area contributed by atoms with E-state index in [9.17, 15) is 9.59 Å². The van der Waals surface area contributed by atoms with Gasteiger partial charge in [-0.3, -0.25) is 9.59 Å². The van der Waals surface area contributed by atoms with Gasteiger partial charge in [0, 0.05) is 28.3 Å². The summed E-state index contributed by atoms with van der Waals surface area (Å²) in [5.41, 5.74) is 2.86. The van der Waals surface area contributed by atoms with Crippen LogP contribution in [0, 0.1) is 6.92 Å². The third-order valence-corrected chi connectivity index (χ3v) is 3.75. The van der Waals surface area contributed by atoms with E-state index in [0.29, 0.717) is 16.9 Å². The van der Waals surface area contributed by atoms with E-state index in [-0.39, 0.29) is 11.8 Å². The lowest BCUT2D eigenvalue weighted by atomic mass is 10.1. The second-order valence-electron chi connectivity index (χ2n) is 4.68. The van der Waals surface area contributed by atoms with Gasteiger partial charge >= 0.3 is 0 Å². The van der Waals surface area contributed by atoms with Crippen LogP contribution in [0.3, 0.4) is 0 Å². The van der Waals surface area contributed by atoms with E-state index < -0.39 is 0 Å². The van der Waals surface area contributed by atoms with Gasteiger partial charge in [0.25, 0.3) is 5.91 Å². The van der Waals surface area contributed by atoms with E-state index in [4.69, 9.17) is 0 Å². The van der Waals surface area contributed by atoms with Crippen molar-refractivity contribution in [1.29, 1.82) is 0 Å². The molecule has 0 unspecified atom stereocenters. The molecule has 0 atom stereocenters. The maximum absolute atomic E-state index is 12.2. The van der Waals surface area contributed by atoms with Crippen molar-refractivity contribution in [1.82, 2.24) is 0 Å². The molecule has 21 heavy (non-hydrogen) atoms. The standard InChI is InChI=1S/C16H15BrN2O2/c1-10-8-12(6-7-15(10)17)16(21)19-14-5-3-4-13(9-14)18-11(2)20/h3-9H,1-2H3,(H,18,20)(H,19,21). The normalized spacial score (nSPS) is 10.0. The molecule has 0 aliphatic carbocycles. The van der Waals surface area contributed by atoms with Crippen LogP contribution in [0.25, 0.3) is 0 Å². The van der Waals surface area contributed by atoms with E-state index in [2.05, 4.69) is 26.6 Å². The zero-order chi connectivity index (χ0) is 15.4. The van der Waals surface area contributed by atoms with Gasteiger partial charge in [0.1, 0.15) is 0 Å². The lowest BCUT2D eigenvalue weighted by molar-refractivity contribution is -0.114. The third kappa shape index (κ3) is 4.16. The van der Waals surface area contributed by atoms with Gasteiger partial charge in [-0.2, -0.15) is 0 Å². The fourth-order valence-corrected chi connectivity index (χ4v) is 2.11. The molecule has 0 aliphatic heterocycles. The molecule has 0 aromatic heterocycles. The number of aryl methyl sites for hydroxylation is 1. The number of amides is 2. The molecule has 0 bridgehead atoms. The number of halogens is 1. The second kappa shape index (κ2) is 6.54. The van der Waals surface area contributed by atoms with Crippen LogP contribution >= 0.6 is 15.9 Å². The van der Waals surface area contributed by atoms with Crippen LogP contribution in [0.2, 0.25) is 0 Å². The Morgan fingerprint density at radius 2 is 1.67 bits per heavy atom. The first-order valence-electron chi connectivity index (χ1n) is 6.41. The minimum Gasteiger partial charge on any atom is -0.326 e. The molecule has 2 amide bonds. The van der Waals surface area contributed by atoms with E-state index in [1.165, 1.54) is 6.92 Å². The van der Waals surface area contributed by atoms with Gasteiger partial charge in [0.05, 0.1) is 0 Å². The second-order valence-corrected chi connectivity index (χ2v) is 5.53. The number of benzene rings is 2. The Morgan fingerprint density at radius 1 is 1.00 bits per heavy atom. The number of nitrogens with one attached hydrogen (secondary N) is 2. The van der Waals surface area contributed by atoms with Crippen molar-refractivity contribution in [3.8, 4) is 0 Å². The van der Waals surface area contributed by atoms with Crippen molar-refractivity contribution in [2.24, 2.45) is 0 Å². The summed E-state index contributed by atoms with van der Waals surface area (Å²) in [7, 11) is 0. The lowest BCUT2D eigenvalue weighted by Gasteiger charge is -2.09. The van der Waals surface area contributed by atoms with E-state index in [1.54, 1.807) is 30.3 Å². The molecule has 0 radical (unpaired) electrons. The van der Waals surface area contributed by atoms with Crippen molar-refractivity contribution in [3.63, 3.8) is 0 Å². The number of hydrogen-bond donors (Lipinski definition) is 2. The van der Waals surface area contributed by atoms with Crippen LogP contribution < -0.4 is 10.6 Å². The average molecular weight is 347 g/mol. The Labute approximate surface area is 131 Å². The molecule has 2 rings (SSSR count). The first-order valence-corrected chi connectivity index (χ1v) is 7.20. The van der Waals surface area contributed by atoms with Gasteiger partial charge in [0.2, 0.25) is 5.91 Å². The molecular formula is C16H15BrN2O2. The number of carbonyl (C=O) groups is 2. The number of rotatable bonds is 3. The molecule has 0 aliphatic rings. The first-order chi connectivity index (χ1) is 9.95. The fraction of sp³-hybridized carbons (Fsp3) is 0.125. The number of hydrogen-bond acceptors (Lipinski definition) is 2. The molecule has 0 saturated heterocycles.